The summed E-state index contributed by atoms with van der Waals surface area (Å²) in [6.07, 6.45) is 5.34. The van der Waals surface area contributed by atoms with Crippen LogP contribution >= 0.6 is 0 Å². The molecule has 0 N–H and O–H groups in total. The monoisotopic (exact) mass is 419 g/mol. The largest absolute Gasteiger partial charge is 0.299 e. The SMILES string of the molecule is CC1C(=O)CCC2c3nc(-c4ccnc5ccccc45)nc(-c4ccccc4)c3CCC12. The van der Waals surface area contributed by atoms with E-state index in [9.17, 15) is 4.79 Å². The van der Waals surface area contributed by atoms with E-state index in [1.807, 2.05) is 36.5 Å². The summed E-state index contributed by atoms with van der Waals surface area (Å²) in [7, 11) is 0. The minimum absolute atomic E-state index is 0.113. The fraction of sp³-hybridized carbons (Fsp3) is 0.286. The number of hydrogen-bond donors (Lipinski definition) is 0. The van der Waals surface area contributed by atoms with Crippen molar-refractivity contribution in [1.82, 2.24) is 15.0 Å². The van der Waals surface area contributed by atoms with Crippen LogP contribution in [0.15, 0.2) is 66.9 Å². The lowest BCUT2D eigenvalue weighted by Crippen LogP contribution is -2.36. The molecule has 3 unspecified atom stereocenters. The van der Waals surface area contributed by atoms with Crippen LogP contribution in [0.3, 0.4) is 0 Å². The first-order valence-electron chi connectivity index (χ1n) is 11.5. The molecule has 0 spiro atoms. The van der Waals surface area contributed by atoms with Gasteiger partial charge < -0.3 is 0 Å². The van der Waals surface area contributed by atoms with Gasteiger partial charge in [-0.25, -0.2) is 9.97 Å². The third kappa shape index (κ3) is 3.05. The molecule has 2 aliphatic carbocycles. The lowest BCUT2D eigenvalue weighted by molar-refractivity contribution is -0.126. The average Bonchev–Trinajstić information content (AvgIpc) is 2.85. The van der Waals surface area contributed by atoms with Crippen LogP contribution in [0.4, 0.5) is 0 Å². The van der Waals surface area contributed by atoms with Crippen LogP contribution < -0.4 is 0 Å². The Hall–Kier alpha value is -3.40. The van der Waals surface area contributed by atoms with Gasteiger partial charge in [-0.2, -0.15) is 0 Å². The smallest absolute Gasteiger partial charge is 0.160 e. The molecule has 3 atom stereocenters. The van der Waals surface area contributed by atoms with Crippen LogP contribution in [0.2, 0.25) is 0 Å². The van der Waals surface area contributed by atoms with Gasteiger partial charge in [-0.15, -0.1) is 0 Å². The number of para-hydroxylation sites is 1. The van der Waals surface area contributed by atoms with Crippen molar-refractivity contribution in [3.05, 3.63) is 78.1 Å². The maximum atomic E-state index is 12.4. The van der Waals surface area contributed by atoms with E-state index in [4.69, 9.17) is 9.97 Å². The number of benzene rings is 2. The number of carbonyl (C=O) groups excluding carboxylic acids is 1. The van der Waals surface area contributed by atoms with E-state index in [1.165, 1.54) is 5.56 Å². The summed E-state index contributed by atoms with van der Waals surface area (Å²) >= 11 is 0. The molecule has 32 heavy (non-hydrogen) atoms. The number of fused-ring (bicyclic) bond motifs is 4. The summed E-state index contributed by atoms with van der Waals surface area (Å²) in [4.78, 5) is 27.3. The van der Waals surface area contributed by atoms with Crippen molar-refractivity contribution in [3.8, 4) is 22.6 Å². The van der Waals surface area contributed by atoms with E-state index in [0.29, 0.717) is 24.0 Å². The molecule has 4 heteroatoms. The molecule has 0 amide bonds. The Morgan fingerprint density at radius 1 is 0.875 bits per heavy atom. The lowest BCUT2D eigenvalue weighted by Gasteiger charge is -2.40. The molecule has 2 aromatic heterocycles. The first kappa shape index (κ1) is 19.3. The number of aromatic nitrogens is 3. The number of Topliss-reactive ketones (excluding diaryl/α,β-unsaturated/α-hetero) is 1. The second-order valence-corrected chi connectivity index (χ2v) is 9.10. The summed E-state index contributed by atoms with van der Waals surface area (Å²) in [6, 6.07) is 20.6. The second-order valence-electron chi connectivity index (χ2n) is 9.10. The normalized spacial score (nSPS) is 22.4. The summed E-state index contributed by atoms with van der Waals surface area (Å²) < 4.78 is 0. The molecule has 2 aliphatic rings. The predicted molar refractivity (Wildman–Crippen MR) is 126 cm³/mol. The third-order valence-electron chi connectivity index (χ3n) is 7.42. The summed E-state index contributed by atoms with van der Waals surface area (Å²) in [5, 5.41) is 1.06. The van der Waals surface area contributed by atoms with Gasteiger partial charge in [0.25, 0.3) is 0 Å². The number of rotatable bonds is 2. The van der Waals surface area contributed by atoms with Crippen molar-refractivity contribution >= 4 is 16.7 Å². The highest BCUT2D eigenvalue weighted by molar-refractivity contribution is 5.92. The Labute approximate surface area is 187 Å². The molecule has 0 saturated heterocycles. The number of ketones is 1. The molecular formula is C28H25N3O. The second kappa shape index (κ2) is 7.63. The van der Waals surface area contributed by atoms with Crippen LogP contribution in [0.25, 0.3) is 33.5 Å². The summed E-state index contributed by atoms with van der Waals surface area (Å²) in [5.41, 5.74) is 6.55. The van der Waals surface area contributed by atoms with E-state index in [2.05, 4.69) is 42.2 Å². The standard InChI is InChI=1S/C28H25N3O/c1-17-19-11-12-23-26(18-7-3-2-4-8-18)30-28(31-27(23)21(19)13-14-25(17)32)22-15-16-29-24-10-6-5-9-20(22)24/h2-10,15-17,19,21H,11-14H2,1H3. The highest BCUT2D eigenvalue weighted by atomic mass is 16.1. The van der Waals surface area contributed by atoms with Gasteiger partial charge in [-0.3, -0.25) is 9.78 Å². The zero-order valence-electron chi connectivity index (χ0n) is 18.2. The Morgan fingerprint density at radius 2 is 1.69 bits per heavy atom. The fourth-order valence-corrected chi connectivity index (χ4v) is 5.73. The molecule has 1 fully saturated rings. The molecule has 0 radical (unpaired) electrons. The third-order valence-corrected chi connectivity index (χ3v) is 7.42. The van der Waals surface area contributed by atoms with Crippen LogP contribution in [-0.4, -0.2) is 20.7 Å². The van der Waals surface area contributed by atoms with E-state index in [1.54, 1.807) is 0 Å². The van der Waals surface area contributed by atoms with Crippen LogP contribution in [-0.2, 0) is 11.2 Å². The molecule has 0 aliphatic heterocycles. The number of pyridine rings is 1. The molecule has 0 bridgehead atoms. The van der Waals surface area contributed by atoms with Crippen LogP contribution in [0.1, 0.15) is 43.4 Å². The van der Waals surface area contributed by atoms with Gasteiger partial charge in [0.2, 0.25) is 0 Å². The van der Waals surface area contributed by atoms with Gasteiger partial charge in [0, 0.05) is 46.5 Å². The predicted octanol–water partition coefficient (Wildman–Crippen LogP) is 6.00. The Morgan fingerprint density at radius 3 is 2.56 bits per heavy atom. The van der Waals surface area contributed by atoms with Gasteiger partial charge in [-0.05, 0) is 37.3 Å². The van der Waals surface area contributed by atoms with Crippen molar-refractivity contribution in [2.24, 2.45) is 11.8 Å². The van der Waals surface area contributed by atoms with Gasteiger partial charge in [0.1, 0.15) is 5.78 Å². The lowest BCUT2D eigenvalue weighted by atomic mass is 9.64. The Balaban J connectivity index is 1.60. The number of nitrogens with zero attached hydrogens (tertiary/aromatic N) is 3. The van der Waals surface area contributed by atoms with Gasteiger partial charge >= 0.3 is 0 Å². The van der Waals surface area contributed by atoms with E-state index < -0.39 is 0 Å². The highest BCUT2D eigenvalue weighted by Gasteiger charge is 2.41. The minimum atomic E-state index is 0.113. The molecule has 6 rings (SSSR count). The fourth-order valence-electron chi connectivity index (χ4n) is 5.73. The summed E-state index contributed by atoms with van der Waals surface area (Å²) in [5.74, 6) is 1.98. The highest BCUT2D eigenvalue weighted by Crippen LogP contribution is 2.48. The average molecular weight is 420 g/mol. The number of hydrogen-bond acceptors (Lipinski definition) is 4. The zero-order valence-corrected chi connectivity index (χ0v) is 18.2. The number of carbonyl (C=O) groups is 1. The van der Waals surface area contributed by atoms with E-state index >= 15 is 0 Å². The quantitative estimate of drug-likeness (QED) is 0.400. The molecular weight excluding hydrogens is 394 g/mol. The molecule has 4 aromatic rings. The summed E-state index contributed by atoms with van der Waals surface area (Å²) in [6.45, 7) is 2.11. The first-order valence-corrected chi connectivity index (χ1v) is 11.5. The van der Waals surface area contributed by atoms with Crippen molar-refractivity contribution in [3.63, 3.8) is 0 Å². The Bertz CT molecular complexity index is 1330. The van der Waals surface area contributed by atoms with E-state index in [-0.39, 0.29) is 5.92 Å². The van der Waals surface area contributed by atoms with Gasteiger partial charge in [-0.1, -0.05) is 55.5 Å². The van der Waals surface area contributed by atoms with Crippen molar-refractivity contribution in [1.29, 1.82) is 0 Å². The van der Waals surface area contributed by atoms with Gasteiger partial charge in [0.05, 0.1) is 16.9 Å². The molecule has 4 nitrogen and oxygen atoms in total. The zero-order chi connectivity index (χ0) is 21.7. The molecule has 1 saturated carbocycles. The van der Waals surface area contributed by atoms with Gasteiger partial charge in [0.15, 0.2) is 5.82 Å². The van der Waals surface area contributed by atoms with Crippen LogP contribution in [0.5, 0.6) is 0 Å². The Kier molecular flexibility index (Phi) is 4.60. The van der Waals surface area contributed by atoms with Crippen molar-refractivity contribution in [2.45, 2.75) is 38.5 Å². The molecule has 2 heterocycles. The maximum Gasteiger partial charge on any atom is 0.160 e. The topological polar surface area (TPSA) is 55.7 Å². The van der Waals surface area contributed by atoms with Crippen molar-refractivity contribution in [2.75, 3.05) is 0 Å². The minimum Gasteiger partial charge on any atom is -0.299 e. The van der Waals surface area contributed by atoms with E-state index in [0.717, 1.165) is 58.5 Å². The molecule has 158 valence electrons. The molecule has 2 aromatic carbocycles. The maximum absolute atomic E-state index is 12.4. The van der Waals surface area contributed by atoms with Crippen molar-refractivity contribution < 1.29 is 4.79 Å². The first-order chi connectivity index (χ1) is 15.7. The van der Waals surface area contributed by atoms with Crippen LogP contribution in [0, 0.1) is 11.8 Å².